The lowest BCUT2D eigenvalue weighted by Gasteiger charge is -2.24. The lowest BCUT2D eigenvalue weighted by Crippen LogP contribution is -2.41. The van der Waals surface area contributed by atoms with Crippen molar-refractivity contribution in [1.82, 2.24) is 4.98 Å². The summed E-state index contributed by atoms with van der Waals surface area (Å²) in [5.41, 5.74) is -0.991. The number of carbonyl (C=O) groups excluding carboxylic acids is 2. The quantitative estimate of drug-likeness (QED) is 0.769. The van der Waals surface area contributed by atoms with Crippen molar-refractivity contribution in [3.8, 4) is 0 Å². The van der Waals surface area contributed by atoms with E-state index >= 15 is 0 Å². The Balaban J connectivity index is 2.34. The first-order valence-electron chi connectivity index (χ1n) is 7.97. The highest BCUT2D eigenvalue weighted by Gasteiger charge is 2.30. The van der Waals surface area contributed by atoms with E-state index in [0.29, 0.717) is 0 Å². The van der Waals surface area contributed by atoms with Crippen LogP contribution in [0.1, 0.15) is 31.3 Å². The number of amides is 3. The van der Waals surface area contributed by atoms with Crippen LogP contribution < -0.4 is 10.2 Å². The summed E-state index contributed by atoms with van der Waals surface area (Å²) in [5.74, 6) is -1.62. The molecule has 0 spiro atoms. The van der Waals surface area contributed by atoms with Crippen LogP contribution in [0.2, 0.25) is 5.02 Å². The van der Waals surface area contributed by atoms with Crippen LogP contribution in [0.3, 0.4) is 0 Å². The van der Waals surface area contributed by atoms with Gasteiger partial charge in [-0.15, -0.1) is 0 Å². The van der Waals surface area contributed by atoms with Gasteiger partial charge in [0, 0.05) is 5.69 Å². The lowest BCUT2D eigenvalue weighted by atomic mass is 10.2. The van der Waals surface area contributed by atoms with Gasteiger partial charge in [-0.3, -0.25) is 4.79 Å². The van der Waals surface area contributed by atoms with Crippen LogP contribution in [0, 0.1) is 5.82 Å². The average molecular weight is 410 g/mol. The van der Waals surface area contributed by atoms with Crippen LogP contribution >= 0.6 is 11.6 Å². The predicted octanol–water partition coefficient (Wildman–Crippen LogP) is 4.55. The number of ether oxygens (including phenoxy) is 1. The fraction of sp³-hybridized carbons (Fsp3) is 0.222. The van der Waals surface area contributed by atoms with Gasteiger partial charge in [-0.2, -0.15) is 4.90 Å². The molecule has 2 N–H and O–H groups in total. The van der Waals surface area contributed by atoms with Gasteiger partial charge >= 0.3 is 12.2 Å². The van der Waals surface area contributed by atoms with Crippen LogP contribution in [-0.2, 0) is 4.74 Å². The zero-order chi connectivity index (χ0) is 21.1. The molecule has 1 aromatic carbocycles. The van der Waals surface area contributed by atoms with Gasteiger partial charge in [-0.05, 0) is 57.2 Å². The normalized spacial score (nSPS) is 10.9. The molecule has 0 atom stereocenters. The van der Waals surface area contributed by atoms with Gasteiger partial charge in [-0.1, -0.05) is 11.6 Å². The van der Waals surface area contributed by atoms with E-state index in [9.17, 15) is 23.9 Å². The molecule has 0 unspecified atom stereocenters. The summed E-state index contributed by atoms with van der Waals surface area (Å²) in [5, 5.41) is 11.8. The second kappa shape index (κ2) is 8.22. The highest BCUT2D eigenvalue weighted by Crippen LogP contribution is 2.23. The van der Waals surface area contributed by atoms with Crippen LogP contribution in [-0.4, -0.2) is 33.8 Å². The SMILES string of the molecule is CC(C)(C)OC(=O)N(C(=O)O)c1ccc(Cl)c(C(=O)Nc2ccc(F)cc2)n1. The number of hydrogen-bond acceptors (Lipinski definition) is 5. The second-order valence-corrected chi connectivity index (χ2v) is 6.97. The number of carboxylic acid groups (broad SMARTS) is 1. The molecule has 2 rings (SSSR count). The number of carbonyl (C=O) groups is 3. The number of benzene rings is 1. The Labute approximate surface area is 164 Å². The van der Waals surface area contributed by atoms with Gasteiger partial charge < -0.3 is 15.2 Å². The summed E-state index contributed by atoms with van der Waals surface area (Å²) in [6.45, 7) is 4.71. The van der Waals surface area contributed by atoms with Gasteiger partial charge in [0.1, 0.15) is 22.9 Å². The molecule has 0 saturated carbocycles. The zero-order valence-electron chi connectivity index (χ0n) is 15.2. The minimum atomic E-state index is -1.64. The topological polar surface area (TPSA) is 109 Å². The Kier molecular flexibility index (Phi) is 6.19. The Hall–Kier alpha value is -3.20. The maximum atomic E-state index is 13.0. The summed E-state index contributed by atoms with van der Waals surface area (Å²) < 4.78 is 18.0. The summed E-state index contributed by atoms with van der Waals surface area (Å²) in [6, 6.07) is 7.34. The molecule has 0 aliphatic rings. The van der Waals surface area contributed by atoms with Crippen molar-refractivity contribution in [3.63, 3.8) is 0 Å². The number of halogens is 2. The fourth-order valence-electron chi connectivity index (χ4n) is 2.02. The molecule has 8 nitrogen and oxygen atoms in total. The summed E-state index contributed by atoms with van der Waals surface area (Å²) in [6.07, 6.45) is -2.83. The molecule has 0 bridgehead atoms. The van der Waals surface area contributed by atoms with Gasteiger partial charge in [0.2, 0.25) is 0 Å². The molecular weight excluding hydrogens is 393 g/mol. The molecule has 0 fully saturated rings. The van der Waals surface area contributed by atoms with Crippen molar-refractivity contribution in [2.75, 3.05) is 10.2 Å². The molecule has 0 aliphatic heterocycles. The Morgan fingerprint density at radius 1 is 1.14 bits per heavy atom. The number of aromatic nitrogens is 1. The largest absolute Gasteiger partial charge is 0.464 e. The van der Waals surface area contributed by atoms with Crippen molar-refractivity contribution >= 4 is 41.2 Å². The first-order valence-corrected chi connectivity index (χ1v) is 8.35. The average Bonchev–Trinajstić information content (AvgIpc) is 2.56. The number of imide groups is 1. The second-order valence-electron chi connectivity index (χ2n) is 6.56. The Morgan fingerprint density at radius 2 is 1.75 bits per heavy atom. The van der Waals surface area contributed by atoms with Crippen molar-refractivity contribution in [2.24, 2.45) is 0 Å². The molecule has 0 aliphatic carbocycles. The number of pyridine rings is 1. The molecule has 1 heterocycles. The monoisotopic (exact) mass is 409 g/mol. The molecule has 2 aromatic rings. The van der Waals surface area contributed by atoms with E-state index in [-0.39, 0.29) is 27.1 Å². The predicted molar refractivity (Wildman–Crippen MR) is 100 cm³/mol. The maximum Gasteiger partial charge on any atom is 0.425 e. The molecular formula is C18H17ClFN3O5. The Bertz CT molecular complexity index is 912. The van der Waals surface area contributed by atoms with Crippen molar-refractivity contribution in [1.29, 1.82) is 0 Å². The number of rotatable bonds is 3. The van der Waals surface area contributed by atoms with Gasteiger partial charge in [0.15, 0.2) is 0 Å². The molecule has 28 heavy (non-hydrogen) atoms. The number of hydrogen-bond donors (Lipinski definition) is 2. The number of anilines is 2. The summed E-state index contributed by atoms with van der Waals surface area (Å²) in [4.78, 5) is 40.3. The summed E-state index contributed by atoms with van der Waals surface area (Å²) in [7, 11) is 0. The van der Waals surface area contributed by atoms with Gasteiger partial charge in [-0.25, -0.2) is 19.0 Å². The highest BCUT2D eigenvalue weighted by molar-refractivity contribution is 6.34. The fourth-order valence-corrected chi connectivity index (χ4v) is 2.21. The van der Waals surface area contributed by atoms with E-state index in [4.69, 9.17) is 16.3 Å². The first kappa shape index (κ1) is 21.1. The molecule has 1 aromatic heterocycles. The molecule has 0 radical (unpaired) electrons. The maximum absolute atomic E-state index is 13.0. The van der Waals surface area contributed by atoms with E-state index in [1.54, 1.807) is 20.8 Å². The van der Waals surface area contributed by atoms with Crippen molar-refractivity contribution in [2.45, 2.75) is 26.4 Å². The van der Waals surface area contributed by atoms with Gasteiger partial charge in [0.25, 0.3) is 5.91 Å². The summed E-state index contributed by atoms with van der Waals surface area (Å²) >= 11 is 5.99. The third-order valence-corrected chi connectivity index (χ3v) is 3.45. The van der Waals surface area contributed by atoms with Crippen molar-refractivity contribution < 1.29 is 28.6 Å². The minimum Gasteiger partial charge on any atom is -0.464 e. The van der Waals surface area contributed by atoms with Crippen LogP contribution in [0.4, 0.5) is 25.5 Å². The Morgan fingerprint density at radius 3 is 2.29 bits per heavy atom. The van der Waals surface area contributed by atoms with Crippen LogP contribution in [0.5, 0.6) is 0 Å². The van der Waals surface area contributed by atoms with Crippen LogP contribution in [0.25, 0.3) is 0 Å². The minimum absolute atomic E-state index is 0.0714. The van der Waals surface area contributed by atoms with E-state index in [2.05, 4.69) is 10.3 Å². The van der Waals surface area contributed by atoms with E-state index < -0.39 is 29.5 Å². The van der Waals surface area contributed by atoms with Gasteiger partial charge in [0.05, 0.1) is 5.02 Å². The highest BCUT2D eigenvalue weighted by atomic mass is 35.5. The number of nitrogens with one attached hydrogen (secondary N) is 1. The smallest absolute Gasteiger partial charge is 0.425 e. The first-order chi connectivity index (χ1) is 13.0. The lowest BCUT2D eigenvalue weighted by molar-refractivity contribution is 0.0580. The van der Waals surface area contributed by atoms with E-state index in [0.717, 1.165) is 18.2 Å². The zero-order valence-corrected chi connectivity index (χ0v) is 16.0. The standard InChI is InChI=1S/C18H17ClFN3O5/c1-18(2,3)28-17(27)23(16(25)26)13-9-8-12(19)14(22-13)15(24)21-11-6-4-10(20)5-7-11/h4-9H,1-3H3,(H,21,24)(H,25,26). The molecule has 148 valence electrons. The third kappa shape index (κ3) is 5.40. The number of nitrogens with zero attached hydrogens (tertiary/aromatic N) is 2. The molecule has 0 saturated heterocycles. The third-order valence-electron chi connectivity index (χ3n) is 3.14. The molecule has 10 heteroatoms. The van der Waals surface area contributed by atoms with Crippen molar-refractivity contribution in [3.05, 3.63) is 52.9 Å². The van der Waals surface area contributed by atoms with E-state index in [1.165, 1.54) is 18.2 Å². The molecule has 3 amide bonds. The van der Waals surface area contributed by atoms with E-state index in [1.807, 2.05) is 0 Å². The van der Waals surface area contributed by atoms with Crippen LogP contribution in [0.15, 0.2) is 36.4 Å².